The molecule has 0 aliphatic rings. The van der Waals surface area contributed by atoms with E-state index < -0.39 is 0 Å². The average molecular weight is 362 g/mol. The number of hydrogen-bond donors (Lipinski definition) is 1. The molecule has 0 atom stereocenters. The van der Waals surface area contributed by atoms with Crippen LogP contribution in [0, 0.1) is 3.57 Å². The number of nitrogens with one attached hydrogen (secondary N) is 1. The van der Waals surface area contributed by atoms with Crippen molar-refractivity contribution >= 4 is 28.4 Å². The molecule has 1 heterocycles. The third-order valence-corrected chi connectivity index (χ3v) is 3.59. The number of aromatic nitrogens is 2. The van der Waals surface area contributed by atoms with Crippen LogP contribution in [0.4, 0.5) is 5.82 Å². The number of hydrogen-bond acceptors (Lipinski definition) is 4. The van der Waals surface area contributed by atoms with E-state index in [0.29, 0.717) is 0 Å². The monoisotopic (exact) mass is 362 g/mol. The Morgan fingerprint density at radius 1 is 1.17 bits per heavy atom. The van der Waals surface area contributed by atoms with Gasteiger partial charge in [0, 0.05) is 6.54 Å². The summed E-state index contributed by atoms with van der Waals surface area (Å²) in [5.41, 5.74) is 1.17. The maximum Gasteiger partial charge on any atom is 0.145 e. The molecule has 0 saturated heterocycles. The average Bonchev–Trinajstić information content (AvgIpc) is 2.31. The minimum atomic E-state index is 0.786. The van der Waals surface area contributed by atoms with Crippen molar-refractivity contribution < 1.29 is 0 Å². The highest BCUT2D eigenvalue weighted by molar-refractivity contribution is 14.1. The van der Waals surface area contributed by atoms with Crippen molar-refractivity contribution in [3.8, 4) is 0 Å². The summed E-state index contributed by atoms with van der Waals surface area (Å²) in [7, 11) is 4.08. The van der Waals surface area contributed by atoms with Gasteiger partial charge in [-0.05, 0) is 49.5 Å². The Kier molecular flexibility index (Phi) is 6.85. The van der Waals surface area contributed by atoms with Crippen molar-refractivity contribution in [3.63, 3.8) is 0 Å². The standard InChI is InChI=1S/C13H23IN4/c1-5-7-10-12(14)13(15-8-6-2)17-11(16-10)9-18(3)4/h5-9H2,1-4H3,(H,15,16,17). The third-order valence-electron chi connectivity index (χ3n) is 2.45. The maximum absolute atomic E-state index is 4.67. The van der Waals surface area contributed by atoms with Crippen molar-refractivity contribution in [1.29, 1.82) is 0 Å². The molecule has 4 nitrogen and oxygen atoms in total. The van der Waals surface area contributed by atoms with Gasteiger partial charge >= 0.3 is 0 Å². The van der Waals surface area contributed by atoms with Crippen molar-refractivity contribution in [3.05, 3.63) is 15.1 Å². The number of nitrogens with zero attached hydrogens (tertiary/aromatic N) is 3. The van der Waals surface area contributed by atoms with Gasteiger partial charge in [-0.15, -0.1) is 0 Å². The minimum Gasteiger partial charge on any atom is -0.369 e. The lowest BCUT2D eigenvalue weighted by Crippen LogP contribution is -2.17. The maximum atomic E-state index is 4.67. The number of aryl methyl sites for hydroxylation is 1. The molecular formula is C13H23IN4. The first kappa shape index (κ1) is 15.6. The molecule has 0 saturated carbocycles. The van der Waals surface area contributed by atoms with Gasteiger partial charge < -0.3 is 10.2 Å². The quantitative estimate of drug-likeness (QED) is 0.758. The van der Waals surface area contributed by atoms with Gasteiger partial charge in [0.15, 0.2) is 0 Å². The van der Waals surface area contributed by atoms with Crippen LogP contribution in [-0.2, 0) is 13.0 Å². The molecule has 0 bridgehead atoms. The molecule has 1 aromatic rings. The highest BCUT2D eigenvalue weighted by Gasteiger charge is 2.11. The van der Waals surface area contributed by atoms with Gasteiger partial charge in [0.05, 0.1) is 15.8 Å². The normalized spacial score (nSPS) is 11.0. The first-order valence-electron chi connectivity index (χ1n) is 6.52. The van der Waals surface area contributed by atoms with Crippen LogP contribution in [0.5, 0.6) is 0 Å². The van der Waals surface area contributed by atoms with Crippen molar-refractivity contribution in [2.24, 2.45) is 0 Å². The van der Waals surface area contributed by atoms with Crippen LogP contribution in [0.2, 0.25) is 0 Å². The van der Waals surface area contributed by atoms with Crippen LogP contribution in [0.15, 0.2) is 0 Å². The fourth-order valence-electron chi connectivity index (χ4n) is 1.66. The summed E-state index contributed by atoms with van der Waals surface area (Å²) in [6.07, 6.45) is 3.23. The van der Waals surface area contributed by atoms with E-state index in [1.165, 1.54) is 9.26 Å². The second-order valence-corrected chi connectivity index (χ2v) is 5.74. The molecule has 1 aromatic heterocycles. The van der Waals surface area contributed by atoms with E-state index in [-0.39, 0.29) is 0 Å². The Morgan fingerprint density at radius 2 is 1.89 bits per heavy atom. The molecule has 0 spiro atoms. The lowest BCUT2D eigenvalue weighted by molar-refractivity contribution is 0.389. The topological polar surface area (TPSA) is 41.1 Å². The number of anilines is 1. The molecule has 0 fully saturated rings. The molecule has 0 radical (unpaired) electrons. The fourth-order valence-corrected chi connectivity index (χ4v) is 2.36. The van der Waals surface area contributed by atoms with Crippen molar-refractivity contribution in [2.45, 2.75) is 39.7 Å². The summed E-state index contributed by atoms with van der Waals surface area (Å²) < 4.78 is 1.17. The zero-order chi connectivity index (χ0) is 13.5. The molecular weight excluding hydrogens is 339 g/mol. The molecule has 0 amide bonds. The summed E-state index contributed by atoms with van der Waals surface area (Å²) in [6.45, 7) is 6.09. The van der Waals surface area contributed by atoms with Crippen LogP contribution in [0.3, 0.4) is 0 Å². The van der Waals surface area contributed by atoms with Crippen LogP contribution < -0.4 is 5.32 Å². The van der Waals surface area contributed by atoms with E-state index in [0.717, 1.165) is 44.0 Å². The largest absolute Gasteiger partial charge is 0.369 e. The lowest BCUT2D eigenvalue weighted by Gasteiger charge is -2.14. The predicted octanol–water partition coefficient (Wildman–Crippen LogP) is 2.92. The van der Waals surface area contributed by atoms with E-state index in [1.54, 1.807) is 0 Å². The summed E-state index contributed by atoms with van der Waals surface area (Å²) in [6, 6.07) is 0. The highest BCUT2D eigenvalue weighted by atomic mass is 127. The van der Waals surface area contributed by atoms with Gasteiger partial charge in [0.25, 0.3) is 0 Å². The van der Waals surface area contributed by atoms with Crippen molar-refractivity contribution in [1.82, 2.24) is 14.9 Å². The molecule has 1 rings (SSSR count). The van der Waals surface area contributed by atoms with Crippen LogP contribution in [0.25, 0.3) is 0 Å². The van der Waals surface area contributed by atoms with Gasteiger partial charge in [-0.1, -0.05) is 20.3 Å². The summed E-state index contributed by atoms with van der Waals surface area (Å²) in [4.78, 5) is 11.4. The molecule has 0 aliphatic carbocycles. The number of halogens is 1. The Hall–Kier alpha value is -0.430. The van der Waals surface area contributed by atoms with Crippen molar-refractivity contribution in [2.75, 3.05) is 26.0 Å². The molecule has 0 aliphatic heterocycles. The van der Waals surface area contributed by atoms with E-state index in [1.807, 2.05) is 14.1 Å². The molecule has 18 heavy (non-hydrogen) atoms. The second kappa shape index (κ2) is 7.89. The van der Waals surface area contributed by atoms with Gasteiger partial charge in [0.2, 0.25) is 0 Å². The van der Waals surface area contributed by atoms with Crippen LogP contribution in [0.1, 0.15) is 38.2 Å². The predicted molar refractivity (Wildman–Crippen MR) is 84.9 cm³/mol. The second-order valence-electron chi connectivity index (χ2n) is 4.66. The van der Waals surface area contributed by atoms with Gasteiger partial charge in [-0.2, -0.15) is 0 Å². The Morgan fingerprint density at radius 3 is 2.44 bits per heavy atom. The molecule has 0 unspecified atom stereocenters. The Balaban J connectivity index is 3.01. The number of rotatable bonds is 7. The lowest BCUT2D eigenvalue weighted by atomic mass is 10.2. The first-order valence-corrected chi connectivity index (χ1v) is 7.60. The third kappa shape index (κ3) is 4.68. The van der Waals surface area contributed by atoms with Crippen LogP contribution >= 0.6 is 22.6 Å². The molecule has 5 heteroatoms. The van der Waals surface area contributed by atoms with E-state index >= 15 is 0 Å². The summed E-state index contributed by atoms with van der Waals surface area (Å²) >= 11 is 2.35. The smallest absolute Gasteiger partial charge is 0.145 e. The van der Waals surface area contributed by atoms with Gasteiger partial charge in [0.1, 0.15) is 11.6 Å². The highest BCUT2D eigenvalue weighted by Crippen LogP contribution is 2.20. The summed E-state index contributed by atoms with van der Waals surface area (Å²) in [5.74, 6) is 1.90. The van der Waals surface area contributed by atoms with Gasteiger partial charge in [-0.3, -0.25) is 0 Å². The molecule has 102 valence electrons. The minimum absolute atomic E-state index is 0.786. The zero-order valence-corrected chi connectivity index (χ0v) is 13.9. The fraction of sp³-hybridized carbons (Fsp3) is 0.692. The van der Waals surface area contributed by atoms with E-state index in [2.05, 4.69) is 56.6 Å². The molecule has 1 N–H and O–H groups in total. The van der Waals surface area contributed by atoms with Gasteiger partial charge in [-0.25, -0.2) is 9.97 Å². The first-order chi connectivity index (χ1) is 8.58. The van der Waals surface area contributed by atoms with Crippen LogP contribution in [-0.4, -0.2) is 35.5 Å². The zero-order valence-electron chi connectivity index (χ0n) is 11.8. The summed E-state index contributed by atoms with van der Waals surface area (Å²) in [5, 5.41) is 3.40. The SMILES string of the molecule is CCCNc1nc(CN(C)C)nc(CCC)c1I. The Labute approximate surface area is 124 Å². The Bertz CT molecular complexity index is 379. The van der Waals surface area contributed by atoms with E-state index in [4.69, 9.17) is 0 Å². The molecule has 0 aromatic carbocycles. The van der Waals surface area contributed by atoms with E-state index in [9.17, 15) is 0 Å².